The summed E-state index contributed by atoms with van der Waals surface area (Å²) in [4.78, 5) is 26.0. The number of piperidine rings is 1. The van der Waals surface area contributed by atoms with Crippen LogP contribution in [0.1, 0.15) is 25.3 Å². The Kier molecular flexibility index (Phi) is 6.78. The van der Waals surface area contributed by atoms with Crippen molar-refractivity contribution in [3.63, 3.8) is 0 Å². The van der Waals surface area contributed by atoms with Crippen LogP contribution in [0.4, 0.5) is 5.69 Å². The van der Waals surface area contributed by atoms with Crippen LogP contribution >= 0.6 is 23.4 Å². The Hall–Kier alpha value is -1.20. The molecule has 1 aromatic carbocycles. The van der Waals surface area contributed by atoms with Gasteiger partial charge >= 0.3 is 0 Å². The lowest BCUT2D eigenvalue weighted by molar-refractivity contribution is -0.129. The molecule has 1 N–H and O–H groups in total. The quantitative estimate of drug-likeness (QED) is 0.879. The zero-order valence-corrected chi connectivity index (χ0v) is 15.2. The molecule has 2 rings (SSSR count). The van der Waals surface area contributed by atoms with Crippen LogP contribution in [0.2, 0.25) is 5.02 Å². The summed E-state index contributed by atoms with van der Waals surface area (Å²) in [5.74, 6) is 1.39. The molecule has 1 aliphatic rings. The molecular weight excluding hydrogens is 332 g/mol. The predicted octanol–water partition coefficient (Wildman–Crippen LogP) is 3.58. The maximum Gasteiger partial charge on any atom is 0.234 e. The first kappa shape index (κ1) is 18.1. The molecule has 2 amide bonds. The molecule has 0 saturated carbocycles. The van der Waals surface area contributed by atoms with E-state index in [9.17, 15) is 9.59 Å². The molecule has 1 aromatic rings. The van der Waals surface area contributed by atoms with E-state index in [1.54, 1.807) is 12.1 Å². The van der Waals surface area contributed by atoms with Crippen LogP contribution in [0, 0.1) is 12.8 Å². The molecule has 1 saturated heterocycles. The Balaban J connectivity index is 1.71. The SMILES string of the molecule is Cc1cc(Cl)ccc1NC(=O)CSCC(=O)N1CCC(C)CC1. The zero-order chi connectivity index (χ0) is 16.8. The molecule has 0 atom stereocenters. The largest absolute Gasteiger partial charge is 0.342 e. The highest BCUT2D eigenvalue weighted by atomic mass is 35.5. The van der Waals surface area contributed by atoms with Gasteiger partial charge in [-0.05, 0) is 49.4 Å². The number of carbonyl (C=O) groups excluding carboxylic acids is 2. The fourth-order valence-corrected chi connectivity index (χ4v) is 3.48. The van der Waals surface area contributed by atoms with Gasteiger partial charge in [0.2, 0.25) is 11.8 Å². The molecule has 126 valence electrons. The van der Waals surface area contributed by atoms with Crippen molar-refractivity contribution in [3.05, 3.63) is 28.8 Å². The van der Waals surface area contributed by atoms with Gasteiger partial charge in [-0.3, -0.25) is 9.59 Å². The number of hydrogen-bond donors (Lipinski definition) is 1. The summed E-state index contributed by atoms with van der Waals surface area (Å²) in [6.45, 7) is 5.81. The Morgan fingerprint density at radius 2 is 2.00 bits per heavy atom. The summed E-state index contributed by atoms with van der Waals surface area (Å²) in [6.07, 6.45) is 2.15. The highest BCUT2D eigenvalue weighted by Crippen LogP contribution is 2.20. The molecule has 23 heavy (non-hydrogen) atoms. The van der Waals surface area contributed by atoms with Gasteiger partial charge in [-0.1, -0.05) is 18.5 Å². The van der Waals surface area contributed by atoms with Crippen molar-refractivity contribution in [1.82, 2.24) is 4.90 Å². The Labute approximate surface area is 146 Å². The van der Waals surface area contributed by atoms with Crippen molar-refractivity contribution in [1.29, 1.82) is 0 Å². The minimum absolute atomic E-state index is 0.0968. The number of nitrogens with zero attached hydrogens (tertiary/aromatic N) is 1. The Bertz CT molecular complexity index is 572. The van der Waals surface area contributed by atoms with E-state index in [1.165, 1.54) is 11.8 Å². The van der Waals surface area contributed by atoms with E-state index in [-0.39, 0.29) is 17.6 Å². The normalized spacial score (nSPS) is 15.5. The summed E-state index contributed by atoms with van der Waals surface area (Å²) in [5, 5.41) is 3.50. The molecule has 0 aliphatic carbocycles. The summed E-state index contributed by atoms with van der Waals surface area (Å²) in [5.41, 5.74) is 1.69. The molecule has 0 bridgehead atoms. The molecule has 0 aromatic heterocycles. The minimum Gasteiger partial charge on any atom is -0.342 e. The van der Waals surface area contributed by atoms with Crippen LogP contribution in [0.3, 0.4) is 0 Å². The van der Waals surface area contributed by atoms with Crippen LogP contribution < -0.4 is 5.32 Å². The van der Waals surface area contributed by atoms with E-state index >= 15 is 0 Å². The first-order valence-electron chi connectivity index (χ1n) is 7.87. The highest BCUT2D eigenvalue weighted by Gasteiger charge is 2.20. The fraction of sp³-hybridized carbons (Fsp3) is 0.529. The molecule has 1 aliphatic heterocycles. The lowest BCUT2D eigenvalue weighted by Crippen LogP contribution is -2.39. The highest BCUT2D eigenvalue weighted by molar-refractivity contribution is 8.00. The van der Waals surface area contributed by atoms with Gasteiger partial charge in [0.15, 0.2) is 0 Å². The van der Waals surface area contributed by atoms with Crippen LogP contribution in [0.25, 0.3) is 0 Å². The van der Waals surface area contributed by atoms with Crippen molar-refractivity contribution in [2.45, 2.75) is 26.7 Å². The molecule has 1 heterocycles. The van der Waals surface area contributed by atoms with Crippen molar-refractivity contribution in [3.8, 4) is 0 Å². The monoisotopic (exact) mass is 354 g/mol. The molecular formula is C17H23ClN2O2S. The molecule has 6 heteroatoms. The average molecular weight is 355 g/mol. The Morgan fingerprint density at radius 3 is 2.65 bits per heavy atom. The molecule has 0 spiro atoms. The number of amides is 2. The number of nitrogens with one attached hydrogen (secondary N) is 1. The zero-order valence-electron chi connectivity index (χ0n) is 13.6. The Morgan fingerprint density at radius 1 is 1.30 bits per heavy atom. The van der Waals surface area contributed by atoms with Crippen LogP contribution in [0.15, 0.2) is 18.2 Å². The predicted molar refractivity (Wildman–Crippen MR) is 97.1 cm³/mol. The maximum absolute atomic E-state index is 12.1. The summed E-state index contributed by atoms with van der Waals surface area (Å²) in [7, 11) is 0. The maximum atomic E-state index is 12.1. The van der Waals surface area contributed by atoms with Gasteiger partial charge in [-0.25, -0.2) is 0 Å². The molecule has 0 radical (unpaired) electrons. The fourth-order valence-electron chi connectivity index (χ4n) is 2.53. The second-order valence-electron chi connectivity index (χ2n) is 6.06. The summed E-state index contributed by atoms with van der Waals surface area (Å²) < 4.78 is 0. The van der Waals surface area contributed by atoms with Crippen molar-refractivity contribution in [2.24, 2.45) is 5.92 Å². The van der Waals surface area contributed by atoms with Crippen LogP contribution in [0.5, 0.6) is 0 Å². The lowest BCUT2D eigenvalue weighted by atomic mass is 9.99. The number of thioether (sulfide) groups is 1. The van der Waals surface area contributed by atoms with Gasteiger partial charge < -0.3 is 10.2 Å². The molecule has 4 nitrogen and oxygen atoms in total. The number of rotatable bonds is 5. The van der Waals surface area contributed by atoms with Crippen molar-refractivity contribution < 1.29 is 9.59 Å². The van der Waals surface area contributed by atoms with Gasteiger partial charge in [0.05, 0.1) is 11.5 Å². The van der Waals surface area contributed by atoms with E-state index in [2.05, 4.69) is 12.2 Å². The second kappa shape index (κ2) is 8.60. The number of halogens is 1. The number of likely N-dealkylation sites (tertiary alicyclic amines) is 1. The van der Waals surface area contributed by atoms with E-state index in [0.29, 0.717) is 16.7 Å². The smallest absolute Gasteiger partial charge is 0.234 e. The summed E-state index contributed by atoms with van der Waals surface area (Å²) >= 11 is 7.26. The minimum atomic E-state index is -0.0968. The standard InChI is InChI=1S/C17H23ClN2O2S/c1-12-5-7-20(8-6-12)17(22)11-23-10-16(21)19-15-4-3-14(18)9-13(15)2/h3-4,9,12H,5-8,10-11H2,1-2H3,(H,19,21). The van der Waals surface area contributed by atoms with Gasteiger partial charge in [0, 0.05) is 23.8 Å². The number of aryl methyl sites for hydroxylation is 1. The number of benzene rings is 1. The number of hydrogen-bond acceptors (Lipinski definition) is 3. The third-order valence-corrected chi connectivity index (χ3v) is 5.21. The van der Waals surface area contributed by atoms with Crippen molar-refractivity contribution in [2.75, 3.05) is 29.9 Å². The number of anilines is 1. The van der Waals surface area contributed by atoms with Gasteiger partial charge in [0.1, 0.15) is 0 Å². The van der Waals surface area contributed by atoms with Crippen molar-refractivity contribution >= 4 is 40.9 Å². The third kappa shape index (κ3) is 5.74. The van der Waals surface area contributed by atoms with Gasteiger partial charge in [-0.15, -0.1) is 11.8 Å². The lowest BCUT2D eigenvalue weighted by Gasteiger charge is -2.30. The van der Waals surface area contributed by atoms with Crippen LogP contribution in [-0.2, 0) is 9.59 Å². The average Bonchev–Trinajstić information content (AvgIpc) is 2.50. The van der Waals surface area contributed by atoms with Gasteiger partial charge in [0.25, 0.3) is 0 Å². The van der Waals surface area contributed by atoms with E-state index in [4.69, 9.17) is 11.6 Å². The second-order valence-corrected chi connectivity index (χ2v) is 7.49. The third-order valence-electron chi connectivity index (χ3n) is 4.06. The van der Waals surface area contributed by atoms with Gasteiger partial charge in [-0.2, -0.15) is 0 Å². The topological polar surface area (TPSA) is 49.4 Å². The first-order valence-corrected chi connectivity index (χ1v) is 9.40. The molecule has 1 fully saturated rings. The van der Waals surface area contributed by atoms with E-state index < -0.39 is 0 Å². The summed E-state index contributed by atoms with van der Waals surface area (Å²) in [6, 6.07) is 5.35. The first-order chi connectivity index (χ1) is 11.0. The number of carbonyl (C=O) groups is 2. The molecule has 0 unspecified atom stereocenters. The van der Waals surface area contributed by atoms with Crippen LogP contribution in [-0.4, -0.2) is 41.3 Å². The van der Waals surface area contributed by atoms with E-state index in [0.717, 1.165) is 37.2 Å². The van der Waals surface area contributed by atoms with E-state index in [1.807, 2.05) is 17.9 Å².